The molecule has 0 radical (unpaired) electrons. The first kappa shape index (κ1) is 10.8. The van der Waals surface area contributed by atoms with Crippen LogP contribution in [0.5, 0.6) is 0 Å². The van der Waals surface area contributed by atoms with E-state index < -0.39 is 0 Å². The first-order valence-electron chi connectivity index (χ1n) is 4.05. The van der Waals surface area contributed by atoms with Crippen molar-refractivity contribution >= 4 is 23.5 Å². The van der Waals surface area contributed by atoms with Gasteiger partial charge in [-0.3, -0.25) is 4.79 Å². The van der Waals surface area contributed by atoms with E-state index in [0.29, 0.717) is 5.89 Å². The molecule has 0 aliphatic carbocycles. The Morgan fingerprint density at radius 2 is 2.43 bits per heavy atom. The van der Waals surface area contributed by atoms with Crippen LogP contribution < -0.4 is 11.1 Å². The number of anilines is 1. The van der Waals surface area contributed by atoms with E-state index in [1.165, 1.54) is 0 Å². The number of halogens is 1. The fourth-order valence-electron chi connectivity index (χ4n) is 0.930. The summed E-state index contributed by atoms with van der Waals surface area (Å²) in [5.74, 6) is 0.112. The van der Waals surface area contributed by atoms with Gasteiger partial charge in [0.1, 0.15) is 5.88 Å². The van der Waals surface area contributed by atoms with Crippen LogP contribution in [-0.2, 0) is 10.7 Å². The fourth-order valence-corrected chi connectivity index (χ4v) is 1.04. The van der Waals surface area contributed by atoms with E-state index >= 15 is 0 Å². The van der Waals surface area contributed by atoms with Crippen molar-refractivity contribution in [3.8, 4) is 0 Å². The normalized spacial score (nSPS) is 12.4. The fraction of sp³-hybridized carbons (Fsp3) is 0.571. The van der Waals surface area contributed by atoms with Crippen molar-refractivity contribution in [2.24, 2.45) is 5.73 Å². The molecule has 1 rings (SSSR count). The number of carbonyl (C=O) groups is 1. The minimum absolute atomic E-state index is 0.142. The number of rotatable bonds is 5. The van der Waals surface area contributed by atoms with Crippen molar-refractivity contribution in [2.45, 2.75) is 25.3 Å². The van der Waals surface area contributed by atoms with E-state index in [9.17, 15) is 4.79 Å². The largest absolute Gasteiger partial charge is 0.407 e. The summed E-state index contributed by atoms with van der Waals surface area (Å²) in [5, 5.41) is 10.1. The third kappa shape index (κ3) is 3.21. The van der Waals surface area contributed by atoms with E-state index in [0.717, 1.165) is 0 Å². The number of nitrogens with one attached hydrogen (secondary N) is 1. The van der Waals surface area contributed by atoms with Crippen LogP contribution in [0.15, 0.2) is 4.42 Å². The summed E-state index contributed by atoms with van der Waals surface area (Å²) in [6.45, 7) is 1.79. The highest BCUT2D eigenvalue weighted by Crippen LogP contribution is 2.09. The van der Waals surface area contributed by atoms with E-state index in [1.807, 2.05) is 0 Å². The Morgan fingerprint density at radius 3 is 2.93 bits per heavy atom. The Balaban J connectivity index is 2.47. The molecular weight excluding hydrogens is 208 g/mol. The average molecular weight is 219 g/mol. The lowest BCUT2D eigenvalue weighted by Crippen LogP contribution is -2.24. The summed E-state index contributed by atoms with van der Waals surface area (Å²) < 4.78 is 5.07. The standard InChI is InChI=1S/C7H11ClN4O2/c1-4(2-5(9)13)10-7-12-11-6(3-8)14-7/h4H,2-3H2,1H3,(H2,9,13)(H,10,12). The zero-order valence-electron chi connectivity index (χ0n) is 7.66. The van der Waals surface area contributed by atoms with Gasteiger partial charge in [-0.1, -0.05) is 5.10 Å². The molecule has 1 aromatic rings. The number of nitrogens with two attached hydrogens (primary N) is 1. The topological polar surface area (TPSA) is 94.0 Å². The molecule has 1 unspecified atom stereocenters. The third-order valence-electron chi connectivity index (χ3n) is 1.46. The van der Waals surface area contributed by atoms with E-state index in [4.69, 9.17) is 21.8 Å². The predicted octanol–water partition coefficient (Wildman–Crippen LogP) is 0.484. The van der Waals surface area contributed by atoms with Crippen LogP contribution in [0.25, 0.3) is 0 Å². The molecule has 1 aromatic heterocycles. The number of hydrogen-bond donors (Lipinski definition) is 2. The Labute approximate surface area is 85.8 Å². The number of nitrogens with zero attached hydrogens (tertiary/aromatic N) is 2. The van der Waals surface area contributed by atoms with Crippen LogP contribution >= 0.6 is 11.6 Å². The molecule has 78 valence electrons. The summed E-state index contributed by atoms with van der Waals surface area (Å²) in [7, 11) is 0. The van der Waals surface area contributed by atoms with Crippen molar-refractivity contribution in [2.75, 3.05) is 5.32 Å². The van der Waals surface area contributed by atoms with Gasteiger partial charge in [0.2, 0.25) is 11.8 Å². The van der Waals surface area contributed by atoms with Gasteiger partial charge >= 0.3 is 6.01 Å². The van der Waals surface area contributed by atoms with Gasteiger partial charge in [-0.15, -0.1) is 16.7 Å². The van der Waals surface area contributed by atoms with Crippen LogP contribution in [-0.4, -0.2) is 22.1 Å². The van der Waals surface area contributed by atoms with Crippen LogP contribution in [0.1, 0.15) is 19.2 Å². The number of aromatic nitrogens is 2. The van der Waals surface area contributed by atoms with Gasteiger partial charge in [0.15, 0.2) is 0 Å². The van der Waals surface area contributed by atoms with Gasteiger partial charge in [0.25, 0.3) is 0 Å². The molecule has 1 heterocycles. The van der Waals surface area contributed by atoms with Gasteiger partial charge in [-0.25, -0.2) is 0 Å². The molecule has 0 fully saturated rings. The van der Waals surface area contributed by atoms with Gasteiger partial charge in [0.05, 0.1) is 0 Å². The lowest BCUT2D eigenvalue weighted by Gasteiger charge is -2.08. The van der Waals surface area contributed by atoms with Crippen molar-refractivity contribution < 1.29 is 9.21 Å². The minimum atomic E-state index is -0.387. The van der Waals surface area contributed by atoms with Gasteiger partial charge < -0.3 is 15.5 Å². The first-order valence-corrected chi connectivity index (χ1v) is 4.58. The molecule has 1 amide bonds. The van der Waals surface area contributed by atoms with Crippen molar-refractivity contribution in [3.63, 3.8) is 0 Å². The molecule has 1 atom stereocenters. The predicted molar refractivity (Wildman–Crippen MR) is 50.8 cm³/mol. The molecule has 0 aliphatic heterocycles. The second-order valence-corrected chi connectivity index (χ2v) is 3.12. The Kier molecular flexibility index (Phi) is 3.70. The molecule has 0 spiro atoms. The number of alkyl halides is 1. The van der Waals surface area contributed by atoms with E-state index in [1.54, 1.807) is 6.92 Å². The zero-order chi connectivity index (χ0) is 10.6. The summed E-state index contributed by atoms with van der Waals surface area (Å²) in [4.78, 5) is 10.6. The highest BCUT2D eigenvalue weighted by Gasteiger charge is 2.10. The summed E-state index contributed by atoms with van der Waals surface area (Å²) >= 11 is 5.46. The van der Waals surface area contributed by atoms with Crippen LogP contribution in [0.2, 0.25) is 0 Å². The van der Waals surface area contributed by atoms with Crippen molar-refractivity contribution in [3.05, 3.63) is 5.89 Å². The molecule has 0 saturated carbocycles. The van der Waals surface area contributed by atoms with Crippen molar-refractivity contribution in [1.82, 2.24) is 10.2 Å². The maximum Gasteiger partial charge on any atom is 0.315 e. The van der Waals surface area contributed by atoms with Gasteiger partial charge in [-0.2, -0.15) is 0 Å². The van der Waals surface area contributed by atoms with Crippen LogP contribution in [0.4, 0.5) is 6.01 Å². The first-order chi connectivity index (χ1) is 6.61. The third-order valence-corrected chi connectivity index (χ3v) is 1.69. The maximum atomic E-state index is 10.6. The lowest BCUT2D eigenvalue weighted by atomic mass is 10.2. The molecule has 7 heteroatoms. The number of amides is 1. The molecule has 0 bridgehead atoms. The second kappa shape index (κ2) is 4.80. The van der Waals surface area contributed by atoms with Crippen LogP contribution in [0, 0.1) is 0 Å². The lowest BCUT2D eigenvalue weighted by molar-refractivity contribution is -0.118. The summed E-state index contributed by atoms with van der Waals surface area (Å²) in [6, 6.07) is 0.102. The minimum Gasteiger partial charge on any atom is -0.407 e. The molecule has 6 nitrogen and oxygen atoms in total. The second-order valence-electron chi connectivity index (χ2n) is 2.85. The smallest absolute Gasteiger partial charge is 0.315 e. The highest BCUT2D eigenvalue weighted by molar-refractivity contribution is 6.16. The summed E-state index contributed by atoms with van der Waals surface area (Å²) in [6.07, 6.45) is 0.207. The number of hydrogen-bond acceptors (Lipinski definition) is 5. The SMILES string of the molecule is CC(CC(N)=O)Nc1nnc(CCl)o1. The molecule has 0 aliphatic rings. The van der Waals surface area contributed by atoms with Gasteiger partial charge in [0, 0.05) is 12.5 Å². The quantitative estimate of drug-likeness (QED) is 0.702. The zero-order valence-corrected chi connectivity index (χ0v) is 8.41. The monoisotopic (exact) mass is 218 g/mol. The van der Waals surface area contributed by atoms with Gasteiger partial charge in [-0.05, 0) is 6.92 Å². The summed E-state index contributed by atoms with van der Waals surface area (Å²) in [5.41, 5.74) is 5.01. The Morgan fingerprint density at radius 1 is 1.71 bits per heavy atom. The molecule has 0 aromatic carbocycles. The highest BCUT2D eigenvalue weighted by atomic mass is 35.5. The molecule has 14 heavy (non-hydrogen) atoms. The Bertz CT molecular complexity index is 314. The van der Waals surface area contributed by atoms with E-state index in [-0.39, 0.29) is 30.3 Å². The van der Waals surface area contributed by atoms with Crippen molar-refractivity contribution in [1.29, 1.82) is 0 Å². The number of primary amides is 1. The number of carbonyl (C=O) groups excluding carboxylic acids is 1. The Hall–Kier alpha value is -1.30. The molecule has 0 saturated heterocycles. The molecule has 3 N–H and O–H groups in total. The average Bonchev–Trinajstić information content (AvgIpc) is 2.50. The van der Waals surface area contributed by atoms with Crippen LogP contribution in [0.3, 0.4) is 0 Å². The maximum absolute atomic E-state index is 10.6. The van der Waals surface area contributed by atoms with E-state index in [2.05, 4.69) is 15.5 Å². The molecular formula is C7H11ClN4O2.